The molecular weight excluding hydrogens is 386 g/mol. The molecule has 2 aromatic carbocycles. The fourth-order valence-corrected chi connectivity index (χ4v) is 3.81. The molecule has 144 valence electrons. The molecule has 0 bridgehead atoms. The lowest BCUT2D eigenvalue weighted by Crippen LogP contribution is -2.14. The zero-order chi connectivity index (χ0) is 20.2. The van der Waals surface area contributed by atoms with Gasteiger partial charge in [-0.05, 0) is 55.5 Å². The maximum absolute atomic E-state index is 12.9. The van der Waals surface area contributed by atoms with Crippen LogP contribution in [-0.4, -0.2) is 28.5 Å². The largest absolute Gasteiger partial charge is 0.462 e. The zero-order valence-corrected chi connectivity index (χ0v) is 16.4. The van der Waals surface area contributed by atoms with Crippen LogP contribution in [0.2, 0.25) is 0 Å². The summed E-state index contributed by atoms with van der Waals surface area (Å²) in [7, 11) is 0. The molecule has 0 fully saturated rings. The number of hydrogen-bond acceptors (Lipinski definition) is 6. The van der Waals surface area contributed by atoms with Gasteiger partial charge in [-0.25, -0.2) is 9.78 Å². The number of nitrogens with zero attached hydrogens (tertiary/aromatic N) is 2. The van der Waals surface area contributed by atoms with Crippen LogP contribution in [-0.2, 0) is 4.74 Å². The summed E-state index contributed by atoms with van der Waals surface area (Å²) in [5.41, 5.74) is 2.85. The van der Waals surface area contributed by atoms with Gasteiger partial charge < -0.3 is 10.1 Å². The first-order chi connectivity index (χ1) is 14.2. The average molecular weight is 403 g/mol. The van der Waals surface area contributed by atoms with Crippen molar-refractivity contribution in [1.29, 1.82) is 0 Å². The van der Waals surface area contributed by atoms with Crippen LogP contribution in [0, 0.1) is 0 Å². The highest BCUT2D eigenvalue weighted by Crippen LogP contribution is 2.31. The third-order valence-electron chi connectivity index (χ3n) is 4.20. The quantitative estimate of drug-likeness (QED) is 0.485. The number of carbonyl (C=O) groups is 2. The van der Waals surface area contributed by atoms with Crippen molar-refractivity contribution in [3.63, 3.8) is 0 Å². The van der Waals surface area contributed by atoms with Gasteiger partial charge in [0.15, 0.2) is 0 Å². The van der Waals surface area contributed by atoms with E-state index in [4.69, 9.17) is 4.74 Å². The molecule has 1 amide bonds. The third-order valence-corrected chi connectivity index (χ3v) is 5.25. The SMILES string of the molecule is CCOC(=O)c1ccc(NC(=O)c2cccnc2-c2nc3ccccc3s2)cc1. The van der Waals surface area contributed by atoms with E-state index >= 15 is 0 Å². The van der Waals surface area contributed by atoms with E-state index in [9.17, 15) is 9.59 Å². The number of hydrogen-bond donors (Lipinski definition) is 1. The molecule has 2 aromatic heterocycles. The van der Waals surface area contributed by atoms with Gasteiger partial charge in [-0.15, -0.1) is 11.3 Å². The van der Waals surface area contributed by atoms with Crippen molar-refractivity contribution in [2.75, 3.05) is 11.9 Å². The monoisotopic (exact) mass is 403 g/mol. The predicted octanol–water partition coefficient (Wildman–Crippen LogP) is 4.79. The van der Waals surface area contributed by atoms with Crippen molar-refractivity contribution in [3.05, 3.63) is 78.0 Å². The highest BCUT2D eigenvalue weighted by atomic mass is 32.1. The van der Waals surface area contributed by atoms with Gasteiger partial charge in [0.2, 0.25) is 0 Å². The summed E-state index contributed by atoms with van der Waals surface area (Å²) in [6.07, 6.45) is 1.65. The predicted molar refractivity (Wildman–Crippen MR) is 113 cm³/mol. The number of benzene rings is 2. The summed E-state index contributed by atoms with van der Waals surface area (Å²) >= 11 is 1.49. The summed E-state index contributed by atoms with van der Waals surface area (Å²) in [4.78, 5) is 33.6. The Hall–Kier alpha value is -3.58. The van der Waals surface area contributed by atoms with E-state index in [0.717, 1.165) is 10.2 Å². The van der Waals surface area contributed by atoms with Gasteiger partial charge >= 0.3 is 5.97 Å². The number of carbonyl (C=O) groups excluding carboxylic acids is 2. The molecule has 0 atom stereocenters. The number of para-hydroxylation sites is 1. The summed E-state index contributed by atoms with van der Waals surface area (Å²) in [5.74, 6) is -0.688. The molecule has 0 aliphatic rings. The minimum atomic E-state index is -0.393. The molecule has 4 rings (SSSR count). The van der Waals surface area contributed by atoms with Crippen LogP contribution in [0.3, 0.4) is 0 Å². The molecule has 0 saturated heterocycles. The van der Waals surface area contributed by atoms with Crippen molar-refractivity contribution in [3.8, 4) is 10.7 Å². The lowest BCUT2D eigenvalue weighted by atomic mass is 10.1. The van der Waals surface area contributed by atoms with Gasteiger partial charge in [0, 0.05) is 11.9 Å². The first-order valence-corrected chi connectivity index (χ1v) is 9.87. The number of aromatic nitrogens is 2. The molecule has 0 radical (unpaired) electrons. The topological polar surface area (TPSA) is 81.2 Å². The van der Waals surface area contributed by atoms with E-state index in [1.54, 1.807) is 49.5 Å². The summed E-state index contributed by atoms with van der Waals surface area (Å²) in [6.45, 7) is 2.07. The Morgan fingerprint density at radius 2 is 1.83 bits per heavy atom. The Morgan fingerprint density at radius 3 is 2.59 bits per heavy atom. The standard InChI is InChI=1S/C22H17N3O3S/c1-2-28-22(27)14-9-11-15(12-10-14)24-20(26)16-6-5-13-23-19(16)21-25-17-7-3-4-8-18(17)29-21/h3-13H,2H2,1H3,(H,24,26). The molecule has 6 nitrogen and oxygen atoms in total. The third kappa shape index (κ3) is 4.00. The van der Waals surface area contributed by atoms with Crippen molar-refractivity contribution in [2.45, 2.75) is 6.92 Å². The second-order valence-electron chi connectivity index (χ2n) is 6.14. The molecule has 0 aliphatic carbocycles. The van der Waals surface area contributed by atoms with Gasteiger partial charge in [0.1, 0.15) is 10.7 Å². The van der Waals surface area contributed by atoms with Crippen molar-refractivity contribution < 1.29 is 14.3 Å². The number of ether oxygens (including phenoxy) is 1. The summed E-state index contributed by atoms with van der Waals surface area (Å²) < 4.78 is 6.00. The van der Waals surface area contributed by atoms with Crippen LogP contribution < -0.4 is 5.32 Å². The Labute approximate surface area is 171 Å². The molecule has 29 heavy (non-hydrogen) atoms. The second kappa shape index (κ2) is 8.20. The van der Waals surface area contributed by atoms with Crippen molar-refractivity contribution in [2.24, 2.45) is 0 Å². The molecule has 0 saturated carbocycles. The van der Waals surface area contributed by atoms with Gasteiger partial charge in [-0.1, -0.05) is 12.1 Å². The van der Waals surface area contributed by atoms with E-state index in [1.165, 1.54) is 11.3 Å². The van der Waals surface area contributed by atoms with E-state index in [1.807, 2.05) is 24.3 Å². The highest BCUT2D eigenvalue weighted by Gasteiger charge is 2.17. The molecule has 2 heterocycles. The second-order valence-corrected chi connectivity index (χ2v) is 7.17. The number of anilines is 1. The van der Waals surface area contributed by atoms with Crippen LogP contribution in [0.4, 0.5) is 5.69 Å². The Morgan fingerprint density at radius 1 is 1.03 bits per heavy atom. The normalized spacial score (nSPS) is 10.7. The number of rotatable bonds is 5. The number of nitrogens with one attached hydrogen (secondary N) is 1. The van der Waals surface area contributed by atoms with E-state index in [0.29, 0.717) is 34.1 Å². The van der Waals surface area contributed by atoms with E-state index < -0.39 is 5.97 Å². The van der Waals surface area contributed by atoms with Crippen molar-refractivity contribution >= 4 is 39.1 Å². The molecule has 1 N–H and O–H groups in total. The minimum Gasteiger partial charge on any atom is -0.462 e. The molecule has 4 aromatic rings. The van der Waals surface area contributed by atoms with Crippen LogP contribution in [0.25, 0.3) is 20.9 Å². The minimum absolute atomic E-state index is 0.295. The fourth-order valence-electron chi connectivity index (χ4n) is 2.83. The average Bonchev–Trinajstić information content (AvgIpc) is 3.18. The smallest absolute Gasteiger partial charge is 0.338 e. The molecule has 7 heteroatoms. The Bertz CT molecular complexity index is 1150. The van der Waals surface area contributed by atoms with Crippen molar-refractivity contribution in [1.82, 2.24) is 9.97 Å². The van der Waals surface area contributed by atoms with Crippen LogP contribution in [0.1, 0.15) is 27.6 Å². The lowest BCUT2D eigenvalue weighted by molar-refractivity contribution is 0.0526. The van der Waals surface area contributed by atoms with Crippen LogP contribution in [0.5, 0.6) is 0 Å². The van der Waals surface area contributed by atoms with Crippen LogP contribution >= 0.6 is 11.3 Å². The van der Waals surface area contributed by atoms with Crippen LogP contribution in [0.15, 0.2) is 66.9 Å². The van der Waals surface area contributed by atoms with E-state index in [-0.39, 0.29) is 5.91 Å². The van der Waals surface area contributed by atoms with Gasteiger partial charge in [0.25, 0.3) is 5.91 Å². The number of esters is 1. The fraction of sp³-hybridized carbons (Fsp3) is 0.0909. The maximum Gasteiger partial charge on any atom is 0.338 e. The lowest BCUT2D eigenvalue weighted by Gasteiger charge is -2.08. The zero-order valence-electron chi connectivity index (χ0n) is 15.6. The number of fused-ring (bicyclic) bond motifs is 1. The first-order valence-electron chi connectivity index (χ1n) is 9.05. The number of pyridine rings is 1. The number of amides is 1. The highest BCUT2D eigenvalue weighted by molar-refractivity contribution is 7.21. The van der Waals surface area contributed by atoms with Gasteiger partial charge in [0.05, 0.1) is 28.0 Å². The summed E-state index contributed by atoms with van der Waals surface area (Å²) in [5, 5.41) is 3.54. The number of thiazole rings is 1. The molecule has 0 spiro atoms. The Balaban J connectivity index is 1.59. The maximum atomic E-state index is 12.9. The van der Waals surface area contributed by atoms with Gasteiger partial charge in [-0.3, -0.25) is 9.78 Å². The first kappa shape index (κ1) is 18.8. The summed E-state index contributed by atoms with van der Waals surface area (Å²) in [6, 6.07) is 17.8. The molecular formula is C22H17N3O3S. The molecule has 0 unspecified atom stereocenters. The molecule has 0 aliphatic heterocycles. The van der Waals surface area contributed by atoms with E-state index in [2.05, 4.69) is 15.3 Å². The van der Waals surface area contributed by atoms with Gasteiger partial charge in [-0.2, -0.15) is 0 Å². The Kier molecular flexibility index (Phi) is 5.31.